The highest BCUT2D eigenvalue weighted by Gasteiger charge is 2.31. The van der Waals surface area contributed by atoms with Crippen molar-refractivity contribution in [2.45, 2.75) is 45.6 Å². The van der Waals surface area contributed by atoms with E-state index in [0.29, 0.717) is 24.6 Å². The summed E-state index contributed by atoms with van der Waals surface area (Å²) < 4.78 is 46.0. The van der Waals surface area contributed by atoms with Crippen LogP contribution in [0.2, 0.25) is 0 Å². The summed E-state index contributed by atoms with van der Waals surface area (Å²) in [6, 6.07) is 8.42. The minimum atomic E-state index is -4.40. The number of benzene rings is 1. The maximum absolute atomic E-state index is 12.9. The van der Waals surface area contributed by atoms with Gasteiger partial charge in [-0.2, -0.15) is 18.3 Å². The summed E-state index contributed by atoms with van der Waals surface area (Å²) in [4.78, 5) is 18.3. The summed E-state index contributed by atoms with van der Waals surface area (Å²) in [5.41, 5.74) is 1.51. The Morgan fingerprint density at radius 3 is 2.30 bits per heavy atom. The molecule has 33 heavy (non-hydrogen) atoms. The zero-order chi connectivity index (χ0) is 23.8. The molecule has 0 unspecified atom stereocenters. The molecular formula is C23H24F3N5O2. The quantitative estimate of drug-likeness (QED) is 0.563. The molecule has 0 bridgehead atoms. The molecule has 2 aromatic heterocycles. The van der Waals surface area contributed by atoms with Gasteiger partial charge in [-0.25, -0.2) is 4.79 Å². The number of fused-ring (bicyclic) bond motifs is 1. The fraction of sp³-hybridized carbons (Fsp3) is 0.348. The third-order valence-electron chi connectivity index (χ3n) is 5.08. The maximum atomic E-state index is 12.9. The van der Waals surface area contributed by atoms with Crippen LogP contribution < -0.4 is 5.32 Å². The Bertz CT molecular complexity index is 1140. The molecule has 174 valence electrons. The number of hydrogen-bond acceptors (Lipinski definition) is 5. The number of alkyl halides is 3. The Hall–Kier alpha value is -3.56. The molecule has 4 rings (SSSR count). The van der Waals surface area contributed by atoms with Gasteiger partial charge in [0.2, 0.25) is 0 Å². The summed E-state index contributed by atoms with van der Waals surface area (Å²) >= 11 is 0. The molecule has 10 heteroatoms. The molecule has 1 aromatic carbocycles. The van der Waals surface area contributed by atoms with Crippen LogP contribution in [-0.4, -0.2) is 37.9 Å². The minimum Gasteiger partial charge on any atom is -0.444 e. The smallest absolute Gasteiger partial charge is 0.416 e. The van der Waals surface area contributed by atoms with Crippen LogP contribution in [0.1, 0.15) is 32.0 Å². The van der Waals surface area contributed by atoms with Crippen molar-refractivity contribution in [2.75, 3.05) is 11.9 Å². The number of amides is 1. The van der Waals surface area contributed by atoms with E-state index in [-0.39, 0.29) is 6.54 Å². The molecule has 0 radical (unpaired) electrons. The molecule has 0 saturated heterocycles. The first-order chi connectivity index (χ1) is 15.5. The second kappa shape index (κ2) is 8.42. The lowest BCUT2D eigenvalue weighted by Gasteiger charge is -2.30. The molecule has 1 amide bonds. The SMILES string of the molecule is CC(C)(C)OC(=O)N1CCn2nc(Nc3ccc(C(F)(F)F)cc3)c(-c3ccncc3)c2C1. The van der Waals surface area contributed by atoms with E-state index >= 15 is 0 Å². The Kier molecular flexibility index (Phi) is 5.77. The highest BCUT2D eigenvalue weighted by Crippen LogP contribution is 2.36. The van der Waals surface area contributed by atoms with E-state index in [2.05, 4.69) is 15.4 Å². The predicted molar refractivity (Wildman–Crippen MR) is 117 cm³/mol. The molecule has 0 spiro atoms. The second-order valence-corrected chi connectivity index (χ2v) is 8.73. The average molecular weight is 459 g/mol. The van der Waals surface area contributed by atoms with E-state index in [1.54, 1.807) is 17.3 Å². The predicted octanol–water partition coefficient (Wildman–Crippen LogP) is 5.46. The van der Waals surface area contributed by atoms with Crippen LogP contribution in [0.15, 0.2) is 48.8 Å². The normalized spacial score (nSPS) is 14.1. The van der Waals surface area contributed by atoms with Crippen molar-refractivity contribution in [3.8, 4) is 11.1 Å². The van der Waals surface area contributed by atoms with Crippen LogP contribution in [0.25, 0.3) is 11.1 Å². The number of anilines is 2. The lowest BCUT2D eigenvalue weighted by molar-refractivity contribution is -0.137. The highest BCUT2D eigenvalue weighted by molar-refractivity contribution is 5.81. The van der Waals surface area contributed by atoms with Gasteiger partial charge in [-0.15, -0.1) is 0 Å². The molecule has 1 aliphatic heterocycles. The number of rotatable bonds is 3. The number of halogens is 3. The summed E-state index contributed by atoms with van der Waals surface area (Å²) in [5.74, 6) is 0.488. The summed E-state index contributed by atoms with van der Waals surface area (Å²) in [5, 5.41) is 7.78. The Labute approximate surface area is 189 Å². The summed E-state index contributed by atoms with van der Waals surface area (Å²) in [6.45, 7) is 6.61. The number of aromatic nitrogens is 3. The van der Waals surface area contributed by atoms with Gasteiger partial charge in [-0.3, -0.25) is 9.67 Å². The van der Waals surface area contributed by atoms with Crippen LogP contribution >= 0.6 is 0 Å². The lowest BCUT2D eigenvalue weighted by Crippen LogP contribution is -2.41. The van der Waals surface area contributed by atoms with E-state index < -0.39 is 23.4 Å². The van der Waals surface area contributed by atoms with E-state index in [1.807, 2.05) is 37.6 Å². The fourth-order valence-electron chi connectivity index (χ4n) is 3.59. The van der Waals surface area contributed by atoms with Gasteiger partial charge in [0.15, 0.2) is 5.82 Å². The number of pyridine rings is 1. The number of ether oxygens (including phenoxy) is 1. The number of nitrogens with one attached hydrogen (secondary N) is 1. The molecule has 1 aliphatic rings. The van der Waals surface area contributed by atoms with Crippen LogP contribution in [0.4, 0.5) is 29.5 Å². The van der Waals surface area contributed by atoms with Crippen LogP contribution in [0.3, 0.4) is 0 Å². The average Bonchev–Trinajstić information content (AvgIpc) is 3.09. The van der Waals surface area contributed by atoms with Gasteiger partial charge in [-0.1, -0.05) is 0 Å². The minimum absolute atomic E-state index is 0.286. The van der Waals surface area contributed by atoms with Crippen molar-refractivity contribution in [2.24, 2.45) is 0 Å². The zero-order valence-electron chi connectivity index (χ0n) is 18.5. The number of nitrogens with zero attached hydrogens (tertiary/aromatic N) is 4. The summed E-state index contributed by atoms with van der Waals surface area (Å²) in [7, 11) is 0. The van der Waals surface area contributed by atoms with Crippen LogP contribution in [-0.2, 0) is 24.0 Å². The standard InChI is InChI=1S/C23H24F3N5O2/c1-22(2,3)33-21(32)30-12-13-31-18(14-30)19(15-8-10-27-11-9-15)20(29-31)28-17-6-4-16(5-7-17)23(24,25)26/h4-11H,12-14H2,1-3H3,(H,28,29). The van der Waals surface area contributed by atoms with E-state index in [0.717, 1.165) is 29.0 Å². The Balaban J connectivity index is 1.68. The van der Waals surface area contributed by atoms with Crippen molar-refractivity contribution >= 4 is 17.6 Å². The lowest BCUT2D eigenvalue weighted by atomic mass is 10.1. The van der Waals surface area contributed by atoms with E-state index in [1.165, 1.54) is 12.1 Å². The van der Waals surface area contributed by atoms with E-state index in [4.69, 9.17) is 4.74 Å². The molecule has 1 N–H and O–H groups in total. The number of hydrogen-bond donors (Lipinski definition) is 1. The highest BCUT2D eigenvalue weighted by atomic mass is 19.4. The molecular weight excluding hydrogens is 435 g/mol. The third-order valence-corrected chi connectivity index (χ3v) is 5.08. The summed E-state index contributed by atoms with van der Waals surface area (Å²) in [6.07, 6.45) is -1.52. The molecule has 3 heterocycles. The Morgan fingerprint density at radius 2 is 1.70 bits per heavy atom. The van der Waals surface area contributed by atoms with Gasteiger partial charge in [0, 0.05) is 30.2 Å². The first kappa shape index (κ1) is 22.6. The fourth-order valence-corrected chi connectivity index (χ4v) is 3.59. The Morgan fingerprint density at radius 1 is 1.03 bits per heavy atom. The van der Waals surface area contributed by atoms with Crippen molar-refractivity contribution in [3.63, 3.8) is 0 Å². The van der Waals surface area contributed by atoms with Crippen molar-refractivity contribution in [3.05, 3.63) is 60.0 Å². The number of carbonyl (C=O) groups is 1. The third kappa shape index (κ3) is 5.10. The largest absolute Gasteiger partial charge is 0.444 e. The monoisotopic (exact) mass is 459 g/mol. The second-order valence-electron chi connectivity index (χ2n) is 8.73. The molecule has 0 atom stereocenters. The van der Waals surface area contributed by atoms with Gasteiger partial charge in [-0.05, 0) is 62.7 Å². The first-order valence-electron chi connectivity index (χ1n) is 10.4. The van der Waals surface area contributed by atoms with Gasteiger partial charge < -0.3 is 15.0 Å². The molecule has 0 fully saturated rings. The van der Waals surface area contributed by atoms with Crippen LogP contribution in [0.5, 0.6) is 0 Å². The maximum Gasteiger partial charge on any atom is 0.416 e. The van der Waals surface area contributed by atoms with Crippen molar-refractivity contribution in [1.82, 2.24) is 19.7 Å². The molecule has 0 aliphatic carbocycles. The molecule has 7 nitrogen and oxygen atoms in total. The van der Waals surface area contributed by atoms with Crippen molar-refractivity contribution < 1.29 is 22.7 Å². The zero-order valence-corrected chi connectivity index (χ0v) is 18.5. The van der Waals surface area contributed by atoms with E-state index in [9.17, 15) is 18.0 Å². The van der Waals surface area contributed by atoms with Crippen LogP contribution in [0, 0.1) is 0 Å². The van der Waals surface area contributed by atoms with Gasteiger partial charge in [0.05, 0.1) is 24.3 Å². The van der Waals surface area contributed by atoms with Crippen molar-refractivity contribution in [1.29, 1.82) is 0 Å². The van der Waals surface area contributed by atoms with Gasteiger partial charge in [0.25, 0.3) is 0 Å². The molecule has 0 saturated carbocycles. The topological polar surface area (TPSA) is 72.3 Å². The molecule has 3 aromatic rings. The first-order valence-corrected chi connectivity index (χ1v) is 10.4. The van der Waals surface area contributed by atoms with Gasteiger partial charge in [0.1, 0.15) is 5.60 Å². The van der Waals surface area contributed by atoms with Gasteiger partial charge >= 0.3 is 12.3 Å². The number of carbonyl (C=O) groups excluding carboxylic acids is 1.